The van der Waals surface area contributed by atoms with Gasteiger partial charge in [0.1, 0.15) is 0 Å². The molecule has 1 heterocycles. The average Bonchev–Trinajstić information content (AvgIpc) is 2.39. The molecule has 1 aromatic rings. The second-order valence-electron chi connectivity index (χ2n) is 3.97. The number of benzene rings is 1. The van der Waals surface area contributed by atoms with E-state index in [4.69, 9.17) is 0 Å². The lowest BCUT2D eigenvalue weighted by Crippen LogP contribution is -2.31. The van der Waals surface area contributed by atoms with E-state index < -0.39 is 10.0 Å². The van der Waals surface area contributed by atoms with Crippen LogP contribution in [0.5, 0.6) is 0 Å². The fourth-order valence-electron chi connectivity index (χ4n) is 1.69. The van der Waals surface area contributed by atoms with Crippen LogP contribution in [0.2, 0.25) is 0 Å². The lowest BCUT2D eigenvalue weighted by Gasteiger charge is -2.21. The van der Waals surface area contributed by atoms with Crippen molar-refractivity contribution in [3.8, 4) is 0 Å². The van der Waals surface area contributed by atoms with Crippen LogP contribution in [0.4, 0.5) is 0 Å². The van der Waals surface area contributed by atoms with Crippen molar-refractivity contribution in [1.82, 2.24) is 9.44 Å². The molecule has 0 atom stereocenters. The summed E-state index contributed by atoms with van der Waals surface area (Å²) in [6.45, 7) is 1.93. The monoisotopic (exact) mass is 272 g/mol. The Bertz CT molecular complexity index is 442. The smallest absolute Gasteiger partial charge is 0.249 e. The molecule has 0 bridgehead atoms. The van der Waals surface area contributed by atoms with E-state index in [2.05, 4.69) is 9.44 Å². The SMILES string of the molecule is O=S(=O)(NSC1CCNCC1)c1ccccc1. The van der Waals surface area contributed by atoms with Crippen molar-refractivity contribution in [3.63, 3.8) is 0 Å². The maximum absolute atomic E-state index is 11.9. The van der Waals surface area contributed by atoms with Crippen LogP contribution in [-0.2, 0) is 10.0 Å². The van der Waals surface area contributed by atoms with E-state index in [-0.39, 0.29) is 0 Å². The molecule has 0 spiro atoms. The summed E-state index contributed by atoms with van der Waals surface area (Å²) in [6, 6.07) is 8.46. The van der Waals surface area contributed by atoms with Gasteiger partial charge in [0.25, 0.3) is 0 Å². The summed E-state index contributed by atoms with van der Waals surface area (Å²) in [6.07, 6.45) is 2.00. The van der Waals surface area contributed by atoms with Gasteiger partial charge in [-0.25, -0.2) is 8.42 Å². The molecule has 2 N–H and O–H groups in total. The van der Waals surface area contributed by atoms with Gasteiger partial charge in [-0.3, -0.25) is 0 Å². The Morgan fingerprint density at radius 2 is 1.82 bits per heavy atom. The lowest BCUT2D eigenvalue weighted by molar-refractivity contribution is 0.531. The van der Waals surface area contributed by atoms with Crippen LogP contribution in [-0.4, -0.2) is 26.8 Å². The molecule has 0 aromatic heterocycles. The molecule has 0 aliphatic carbocycles. The summed E-state index contributed by atoms with van der Waals surface area (Å²) in [5.74, 6) is 0. The molecule has 1 aliphatic heterocycles. The van der Waals surface area contributed by atoms with Gasteiger partial charge in [-0.05, 0) is 38.1 Å². The number of piperidine rings is 1. The summed E-state index contributed by atoms with van der Waals surface area (Å²) in [7, 11) is -3.37. The number of nitrogens with one attached hydrogen (secondary N) is 2. The predicted octanol–water partition coefficient (Wildman–Crippen LogP) is 1.37. The number of hydrogen-bond acceptors (Lipinski definition) is 4. The van der Waals surface area contributed by atoms with E-state index in [0.29, 0.717) is 10.1 Å². The highest BCUT2D eigenvalue weighted by Crippen LogP contribution is 2.20. The molecule has 0 saturated carbocycles. The van der Waals surface area contributed by atoms with E-state index in [9.17, 15) is 8.42 Å². The van der Waals surface area contributed by atoms with Gasteiger partial charge >= 0.3 is 0 Å². The van der Waals surface area contributed by atoms with Crippen molar-refractivity contribution in [3.05, 3.63) is 30.3 Å². The fraction of sp³-hybridized carbons (Fsp3) is 0.455. The van der Waals surface area contributed by atoms with Gasteiger partial charge in [0.05, 0.1) is 4.90 Å². The van der Waals surface area contributed by atoms with Crippen LogP contribution in [0.1, 0.15) is 12.8 Å². The van der Waals surface area contributed by atoms with Gasteiger partial charge in [0.2, 0.25) is 10.0 Å². The topological polar surface area (TPSA) is 58.2 Å². The largest absolute Gasteiger partial charge is 0.317 e. The van der Waals surface area contributed by atoms with Crippen molar-refractivity contribution >= 4 is 22.0 Å². The minimum Gasteiger partial charge on any atom is -0.317 e. The quantitative estimate of drug-likeness (QED) is 0.813. The number of sulfonamides is 1. The molecule has 0 amide bonds. The molecule has 1 aromatic carbocycles. The first-order valence-corrected chi connectivity index (χ1v) is 7.98. The highest BCUT2D eigenvalue weighted by Gasteiger charge is 2.18. The second-order valence-corrected chi connectivity index (χ2v) is 7.01. The van der Waals surface area contributed by atoms with Crippen LogP contribution in [0.3, 0.4) is 0 Å². The van der Waals surface area contributed by atoms with E-state index >= 15 is 0 Å². The zero-order valence-electron chi connectivity index (χ0n) is 9.43. The molecular weight excluding hydrogens is 256 g/mol. The zero-order valence-corrected chi connectivity index (χ0v) is 11.1. The van der Waals surface area contributed by atoms with Gasteiger partial charge in [-0.15, -0.1) is 0 Å². The van der Waals surface area contributed by atoms with E-state index in [1.54, 1.807) is 30.3 Å². The summed E-state index contributed by atoms with van der Waals surface area (Å²) >= 11 is 1.32. The van der Waals surface area contributed by atoms with Crippen LogP contribution in [0.25, 0.3) is 0 Å². The highest BCUT2D eigenvalue weighted by atomic mass is 32.3. The van der Waals surface area contributed by atoms with Gasteiger partial charge < -0.3 is 5.32 Å². The molecule has 2 rings (SSSR count). The molecule has 1 saturated heterocycles. The van der Waals surface area contributed by atoms with E-state index in [1.165, 1.54) is 11.9 Å². The van der Waals surface area contributed by atoms with Gasteiger partial charge in [-0.2, -0.15) is 4.13 Å². The minimum absolute atomic E-state index is 0.321. The fourth-order valence-corrected chi connectivity index (χ4v) is 4.12. The third kappa shape index (κ3) is 3.70. The minimum atomic E-state index is -3.37. The molecule has 1 aliphatic rings. The van der Waals surface area contributed by atoms with Gasteiger partial charge in [0.15, 0.2) is 0 Å². The Balaban J connectivity index is 1.94. The van der Waals surface area contributed by atoms with Crippen LogP contribution in [0.15, 0.2) is 35.2 Å². The maximum atomic E-state index is 11.9. The zero-order chi connectivity index (χ0) is 12.1. The van der Waals surface area contributed by atoms with Crippen molar-refractivity contribution in [2.75, 3.05) is 13.1 Å². The first kappa shape index (κ1) is 12.9. The summed E-state index contributed by atoms with van der Waals surface area (Å²) in [4.78, 5) is 0.321. The summed E-state index contributed by atoms with van der Waals surface area (Å²) in [5.41, 5.74) is 0. The van der Waals surface area contributed by atoms with Crippen LogP contribution >= 0.6 is 11.9 Å². The van der Waals surface area contributed by atoms with E-state index in [0.717, 1.165) is 25.9 Å². The molecule has 6 heteroatoms. The van der Waals surface area contributed by atoms with Crippen molar-refractivity contribution in [2.45, 2.75) is 23.0 Å². The summed E-state index contributed by atoms with van der Waals surface area (Å²) < 4.78 is 26.5. The Kier molecular flexibility index (Phi) is 4.44. The lowest BCUT2D eigenvalue weighted by atomic mass is 10.2. The first-order chi connectivity index (χ1) is 8.18. The molecule has 1 fully saturated rings. The normalized spacial score (nSPS) is 18.1. The predicted molar refractivity (Wildman–Crippen MR) is 70.2 cm³/mol. The number of rotatable bonds is 4. The summed E-state index contributed by atoms with van der Waals surface area (Å²) in [5, 5.41) is 3.62. The Morgan fingerprint density at radius 3 is 2.47 bits per heavy atom. The van der Waals surface area contributed by atoms with Gasteiger partial charge in [-0.1, -0.05) is 30.1 Å². The van der Waals surface area contributed by atoms with Crippen molar-refractivity contribution < 1.29 is 8.42 Å². The number of hydrogen-bond donors (Lipinski definition) is 2. The average molecular weight is 272 g/mol. The third-order valence-electron chi connectivity index (χ3n) is 2.66. The molecule has 4 nitrogen and oxygen atoms in total. The molecule has 17 heavy (non-hydrogen) atoms. The molecule has 0 unspecified atom stereocenters. The standard InChI is InChI=1S/C11H16N2O2S2/c14-17(15,11-4-2-1-3-5-11)13-16-10-6-8-12-9-7-10/h1-5,10,12-13H,6-9H2. The Labute approximate surface area is 106 Å². The highest BCUT2D eigenvalue weighted by molar-refractivity contribution is 8.09. The Hall–Kier alpha value is -0.560. The Morgan fingerprint density at radius 1 is 1.18 bits per heavy atom. The maximum Gasteiger partial charge on any atom is 0.249 e. The molecule has 0 radical (unpaired) electrons. The van der Waals surface area contributed by atoms with Crippen molar-refractivity contribution in [2.24, 2.45) is 0 Å². The van der Waals surface area contributed by atoms with Gasteiger partial charge in [0, 0.05) is 5.25 Å². The van der Waals surface area contributed by atoms with Crippen LogP contribution < -0.4 is 9.44 Å². The van der Waals surface area contributed by atoms with E-state index in [1.807, 2.05) is 0 Å². The third-order valence-corrected chi connectivity index (χ3v) is 5.62. The van der Waals surface area contributed by atoms with Crippen LogP contribution in [0, 0.1) is 0 Å². The second kappa shape index (κ2) is 5.86. The van der Waals surface area contributed by atoms with Crippen molar-refractivity contribution in [1.29, 1.82) is 0 Å². The molecule has 94 valence electrons. The molecular formula is C11H16N2O2S2. The first-order valence-electron chi connectivity index (χ1n) is 5.62.